The Morgan fingerprint density at radius 2 is 1.61 bits per heavy atom. The van der Waals surface area contributed by atoms with Crippen LogP contribution in [-0.4, -0.2) is 67.1 Å². The van der Waals surface area contributed by atoms with Crippen LogP contribution < -0.4 is 24.5 Å². The molecule has 1 N–H and O–H groups in total. The number of thioether (sulfide) groups is 1. The molecule has 11 heteroatoms. The summed E-state index contributed by atoms with van der Waals surface area (Å²) in [5.41, 5.74) is 6.20. The second-order valence-corrected chi connectivity index (χ2v) is 9.68. The monoisotopic (exact) mass is 574 g/mol. The van der Waals surface area contributed by atoms with Gasteiger partial charge in [0.1, 0.15) is 0 Å². The number of ether oxygens (including phenoxy) is 3. The van der Waals surface area contributed by atoms with Gasteiger partial charge >= 0.3 is 0 Å². The first-order chi connectivity index (χ1) is 20.0. The lowest BCUT2D eigenvalue weighted by molar-refractivity contribution is -0.118. The number of anilines is 1. The summed E-state index contributed by atoms with van der Waals surface area (Å²) in [5, 5.41) is 13.5. The number of amides is 1. The molecule has 0 aliphatic heterocycles. The van der Waals surface area contributed by atoms with Crippen molar-refractivity contribution in [3.63, 3.8) is 0 Å². The van der Waals surface area contributed by atoms with E-state index < -0.39 is 0 Å². The van der Waals surface area contributed by atoms with Crippen molar-refractivity contribution >= 4 is 29.6 Å². The molecule has 1 heterocycles. The molecule has 0 aliphatic rings. The van der Waals surface area contributed by atoms with Gasteiger partial charge in [-0.3, -0.25) is 9.36 Å². The highest BCUT2D eigenvalue weighted by Crippen LogP contribution is 2.41. The van der Waals surface area contributed by atoms with E-state index in [-0.39, 0.29) is 11.7 Å². The maximum Gasteiger partial charge on any atom is 0.250 e. The molecule has 1 amide bonds. The number of para-hydroxylation sites is 1. The Balaban J connectivity index is 1.51. The molecule has 10 nitrogen and oxygen atoms in total. The molecule has 0 saturated carbocycles. The molecule has 0 bridgehead atoms. The van der Waals surface area contributed by atoms with Crippen LogP contribution >= 0.6 is 11.8 Å². The number of hydrazone groups is 1. The van der Waals surface area contributed by atoms with E-state index >= 15 is 0 Å². The summed E-state index contributed by atoms with van der Waals surface area (Å²) < 4.78 is 18.4. The fraction of sp³-hybridized carbons (Fsp3) is 0.267. The van der Waals surface area contributed by atoms with Crippen molar-refractivity contribution in [3.8, 4) is 34.3 Å². The Morgan fingerprint density at radius 3 is 2.20 bits per heavy atom. The van der Waals surface area contributed by atoms with Crippen molar-refractivity contribution in [2.75, 3.05) is 45.1 Å². The Bertz CT molecular complexity index is 1450. The molecule has 3 aromatic carbocycles. The third-order valence-corrected chi connectivity index (χ3v) is 7.26. The van der Waals surface area contributed by atoms with Gasteiger partial charge in [-0.15, -0.1) is 10.2 Å². The van der Waals surface area contributed by atoms with Gasteiger partial charge < -0.3 is 19.1 Å². The van der Waals surface area contributed by atoms with Crippen molar-refractivity contribution in [1.29, 1.82) is 0 Å². The SMILES string of the molecule is CCN(CC)c1ccc(C=NNC(=O)CSc2nnc(-c3cc(OC)c(OC)c(OC)c3)n2-c2ccccc2)cc1. The summed E-state index contributed by atoms with van der Waals surface area (Å²) in [6, 6.07) is 21.4. The summed E-state index contributed by atoms with van der Waals surface area (Å²) in [6.07, 6.45) is 1.63. The standard InChI is InChI=1S/C30H34N6O4S/c1-6-35(7-2)23-15-13-21(14-16-23)19-31-32-27(37)20-41-30-34-33-29(36(30)24-11-9-8-10-12-24)22-17-25(38-3)28(40-5)26(18-22)39-4/h8-19H,6-7,20H2,1-5H3,(H,32,37). The zero-order valence-electron chi connectivity index (χ0n) is 23.8. The van der Waals surface area contributed by atoms with Crippen LogP contribution in [0.2, 0.25) is 0 Å². The fourth-order valence-corrected chi connectivity index (χ4v) is 5.02. The van der Waals surface area contributed by atoms with Gasteiger partial charge in [0, 0.05) is 30.0 Å². The molecule has 214 valence electrons. The Kier molecular flexibility index (Phi) is 10.2. The second-order valence-electron chi connectivity index (χ2n) is 8.74. The lowest BCUT2D eigenvalue weighted by atomic mass is 10.1. The van der Waals surface area contributed by atoms with Gasteiger partial charge in [-0.05, 0) is 55.8 Å². The predicted molar refractivity (Wildman–Crippen MR) is 163 cm³/mol. The number of benzene rings is 3. The van der Waals surface area contributed by atoms with Gasteiger partial charge in [-0.1, -0.05) is 42.1 Å². The average Bonchev–Trinajstić information content (AvgIpc) is 3.45. The minimum Gasteiger partial charge on any atom is -0.493 e. The van der Waals surface area contributed by atoms with Gasteiger partial charge in [0.15, 0.2) is 22.5 Å². The number of nitrogens with one attached hydrogen (secondary N) is 1. The highest BCUT2D eigenvalue weighted by atomic mass is 32.2. The lowest BCUT2D eigenvalue weighted by Crippen LogP contribution is -2.21. The zero-order chi connectivity index (χ0) is 29.2. The number of methoxy groups -OCH3 is 3. The topological polar surface area (TPSA) is 103 Å². The van der Waals surface area contributed by atoms with Crippen LogP contribution in [0.1, 0.15) is 19.4 Å². The maximum atomic E-state index is 12.6. The number of hydrogen-bond donors (Lipinski definition) is 1. The van der Waals surface area contributed by atoms with Gasteiger partial charge in [-0.25, -0.2) is 5.43 Å². The van der Waals surface area contributed by atoms with Crippen molar-refractivity contribution in [1.82, 2.24) is 20.2 Å². The first-order valence-corrected chi connectivity index (χ1v) is 14.1. The van der Waals surface area contributed by atoms with Gasteiger partial charge in [0.2, 0.25) is 5.75 Å². The van der Waals surface area contributed by atoms with E-state index in [0.29, 0.717) is 33.8 Å². The molecule has 4 rings (SSSR count). The number of hydrogen-bond acceptors (Lipinski definition) is 9. The second kappa shape index (κ2) is 14.2. The van der Waals surface area contributed by atoms with E-state index in [2.05, 4.69) is 39.5 Å². The van der Waals surface area contributed by atoms with Crippen LogP contribution in [0.3, 0.4) is 0 Å². The molecule has 41 heavy (non-hydrogen) atoms. The number of nitrogens with zero attached hydrogens (tertiary/aromatic N) is 5. The smallest absolute Gasteiger partial charge is 0.250 e. The normalized spacial score (nSPS) is 11.0. The Labute approximate surface area is 244 Å². The lowest BCUT2D eigenvalue weighted by Gasteiger charge is -2.20. The minimum absolute atomic E-state index is 0.0957. The first kappa shape index (κ1) is 29.5. The van der Waals surface area contributed by atoms with Crippen LogP contribution in [-0.2, 0) is 4.79 Å². The van der Waals surface area contributed by atoms with Gasteiger partial charge in [-0.2, -0.15) is 5.10 Å². The quantitative estimate of drug-likeness (QED) is 0.134. The predicted octanol–water partition coefficient (Wildman–Crippen LogP) is 5.05. The largest absolute Gasteiger partial charge is 0.493 e. The Hall–Kier alpha value is -4.51. The molecule has 0 saturated heterocycles. The highest BCUT2D eigenvalue weighted by Gasteiger charge is 2.21. The van der Waals surface area contributed by atoms with Crippen molar-refractivity contribution in [2.24, 2.45) is 5.10 Å². The van der Waals surface area contributed by atoms with Crippen molar-refractivity contribution in [3.05, 3.63) is 72.3 Å². The van der Waals surface area contributed by atoms with Crippen LogP contribution in [0, 0.1) is 0 Å². The van der Waals surface area contributed by atoms with Crippen molar-refractivity contribution in [2.45, 2.75) is 19.0 Å². The Morgan fingerprint density at radius 1 is 0.951 bits per heavy atom. The number of rotatable bonds is 13. The number of carbonyl (C=O) groups is 1. The molecule has 0 radical (unpaired) electrons. The molecule has 4 aromatic rings. The molecule has 0 atom stereocenters. The van der Waals surface area contributed by atoms with Crippen molar-refractivity contribution < 1.29 is 19.0 Å². The molecule has 1 aromatic heterocycles. The van der Waals surface area contributed by atoms with E-state index in [0.717, 1.165) is 30.0 Å². The average molecular weight is 575 g/mol. The molecule has 0 spiro atoms. The molecule has 0 aliphatic carbocycles. The fourth-order valence-electron chi connectivity index (χ4n) is 4.27. The molecular weight excluding hydrogens is 540 g/mol. The summed E-state index contributed by atoms with van der Waals surface area (Å²) in [4.78, 5) is 14.9. The summed E-state index contributed by atoms with van der Waals surface area (Å²) >= 11 is 1.26. The van der Waals surface area contributed by atoms with E-state index in [9.17, 15) is 4.79 Å². The van der Waals surface area contributed by atoms with Gasteiger partial charge in [0.25, 0.3) is 5.91 Å². The maximum absolute atomic E-state index is 12.6. The summed E-state index contributed by atoms with van der Waals surface area (Å²) in [7, 11) is 4.68. The molecule has 0 fully saturated rings. The number of aromatic nitrogens is 3. The third kappa shape index (κ3) is 6.98. The van der Waals surface area contributed by atoms with Crippen LogP contribution in [0.15, 0.2) is 77.0 Å². The van der Waals surface area contributed by atoms with Crippen LogP contribution in [0.4, 0.5) is 5.69 Å². The van der Waals surface area contributed by atoms with Gasteiger partial charge in [0.05, 0.1) is 33.3 Å². The zero-order valence-corrected chi connectivity index (χ0v) is 24.6. The minimum atomic E-state index is -0.261. The third-order valence-electron chi connectivity index (χ3n) is 6.33. The van der Waals surface area contributed by atoms with E-state index in [4.69, 9.17) is 14.2 Å². The summed E-state index contributed by atoms with van der Waals surface area (Å²) in [5.74, 6) is 1.87. The van der Waals surface area contributed by atoms with E-state index in [1.54, 1.807) is 27.5 Å². The van der Waals surface area contributed by atoms with E-state index in [1.807, 2.05) is 71.3 Å². The molecule has 0 unspecified atom stereocenters. The number of carbonyl (C=O) groups excluding carboxylic acids is 1. The molecular formula is C30H34N6O4S. The van der Waals surface area contributed by atoms with Crippen LogP contribution in [0.5, 0.6) is 17.2 Å². The first-order valence-electron chi connectivity index (χ1n) is 13.1. The summed E-state index contributed by atoms with van der Waals surface area (Å²) in [6.45, 7) is 6.14. The highest BCUT2D eigenvalue weighted by molar-refractivity contribution is 7.99. The van der Waals surface area contributed by atoms with Crippen LogP contribution in [0.25, 0.3) is 17.1 Å². The van der Waals surface area contributed by atoms with E-state index in [1.165, 1.54) is 11.8 Å².